The number of unbranched alkanes of at least 4 members (excludes halogenated alkanes) is 5. The molecule has 1 aliphatic carbocycles. The molecular weight excluding hydrogens is 352 g/mol. The van der Waals surface area contributed by atoms with E-state index in [1.54, 1.807) is 0 Å². The Labute approximate surface area is 164 Å². The molecule has 0 radical (unpaired) electrons. The fraction of sp³-hybridized carbons (Fsp3) is 0.857. The summed E-state index contributed by atoms with van der Waals surface area (Å²) in [4.78, 5) is 10.5. The summed E-state index contributed by atoms with van der Waals surface area (Å²) in [6.07, 6.45) is 16.6. The van der Waals surface area contributed by atoms with Crippen molar-refractivity contribution in [3.8, 4) is 0 Å². The highest BCUT2D eigenvalue weighted by molar-refractivity contribution is 6.21. The van der Waals surface area contributed by atoms with E-state index in [-0.39, 0.29) is 6.10 Å². The molecule has 0 aliphatic heterocycles. The van der Waals surface area contributed by atoms with Gasteiger partial charge >= 0.3 is 5.97 Å². The third kappa shape index (κ3) is 12.7. The standard InChI is InChI=1S/C20H35ClO3.CH4O/c1-16(22)10-6-2-3-7-11-17-14-15-19(21)18(17)12-8-4-5-9-13-20(23)24;1-2/h7,11,16-19,22H,2-6,8-10,12-15H2,1H3,(H,23,24);2H,1H3/b11-7+;/t16?,17?,18-,19?;/m1./s1. The largest absolute Gasteiger partial charge is 0.481 e. The van der Waals surface area contributed by atoms with E-state index >= 15 is 0 Å². The van der Waals surface area contributed by atoms with E-state index in [9.17, 15) is 9.90 Å². The monoisotopic (exact) mass is 390 g/mol. The van der Waals surface area contributed by atoms with E-state index in [1.165, 1.54) is 6.42 Å². The topological polar surface area (TPSA) is 77.8 Å². The Morgan fingerprint density at radius 1 is 1.12 bits per heavy atom. The van der Waals surface area contributed by atoms with E-state index in [4.69, 9.17) is 21.8 Å². The van der Waals surface area contributed by atoms with Gasteiger partial charge in [-0.25, -0.2) is 0 Å². The summed E-state index contributed by atoms with van der Waals surface area (Å²) in [6.45, 7) is 1.85. The molecule has 3 unspecified atom stereocenters. The van der Waals surface area contributed by atoms with Crippen LogP contribution in [0.5, 0.6) is 0 Å². The first-order valence-electron chi connectivity index (χ1n) is 10.2. The predicted molar refractivity (Wildman–Crippen MR) is 109 cm³/mol. The molecule has 3 N–H and O–H groups in total. The minimum Gasteiger partial charge on any atom is -0.481 e. The zero-order valence-electron chi connectivity index (χ0n) is 16.6. The van der Waals surface area contributed by atoms with Crippen molar-refractivity contribution in [1.82, 2.24) is 0 Å². The quantitative estimate of drug-likeness (QED) is 0.231. The van der Waals surface area contributed by atoms with Gasteiger partial charge in [0, 0.05) is 18.9 Å². The maximum Gasteiger partial charge on any atom is 0.303 e. The molecule has 0 bridgehead atoms. The second-order valence-electron chi connectivity index (χ2n) is 7.33. The van der Waals surface area contributed by atoms with Crippen LogP contribution in [0.25, 0.3) is 0 Å². The molecule has 4 atom stereocenters. The first-order valence-corrected chi connectivity index (χ1v) is 10.6. The van der Waals surface area contributed by atoms with Crippen LogP contribution in [-0.2, 0) is 4.79 Å². The molecule has 0 aromatic rings. The van der Waals surface area contributed by atoms with E-state index in [0.717, 1.165) is 71.3 Å². The van der Waals surface area contributed by atoms with Gasteiger partial charge in [-0.3, -0.25) is 4.79 Å². The van der Waals surface area contributed by atoms with Gasteiger partial charge in [-0.05, 0) is 63.7 Å². The fourth-order valence-corrected chi connectivity index (χ4v) is 4.10. The number of hydrogen-bond acceptors (Lipinski definition) is 3. The number of aliphatic hydroxyl groups excluding tert-OH is 2. The van der Waals surface area contributed by atoms with Crippen molar-refractivity contribution in [2.45, 2.75) is 95.5 Å². The van der Waals surface area contributed by atoms with Crippen molar-refractivity contribution in [3.63, 3.8) is 0 Å². The summed E-state index contributed by atoms with van der Waals surface area (Å²) >= 11 is 6.51. The number of aliphatic carboxylic acids is 1. The summed E-state index contributed by atoms with van der Waals surface area (Å²) < 4.78 is 0. The van der Waals surface area contributed by atoms with Gasteiger partial charge < -0.3 is 15.3 Å². The number of carboxylic acid groups (broad SMARTS) is 1. The molecular formula is C21H39ClO4. The van der Waals surface area contributed by atoms with E-state index < -0.39 is 5.97 Å². The van der Waals surface area contributed by atoms with Crippen LogP contribution in [-0.4, -0.2) is 39.9 Å². The van der Waals surface area contributed by atoms with Gasteiger partial charge in [0.15, 0.2) is 0 Å². The highest BCUT2D eigenvalue weighted by Gasteiger charge is 2.32. The van der Waals surface area contributed by atoms with Gasteiger partial charge in [0.25, 0.3) is 0 Å². The molecule has 0 heterocycles. The van der Waals surface area contributed by atoms with E-state index in [0.29, 0.717) is 23.6 Å². The lowest BCUT2D eigenvalue weighted by atomic mass is 9.89. The van der Waals surface area contributed by atoms with Gasteiger partial charge in [0.2, 0.25) is 0 Å². The normalized spacial score (nSPS) is 23.7. The number of alkyl halides is 1. The minimum atomic E-state index is -0.690. The molecule has 26 heavy (non-hydrogen) atoms. The van der Waals surface area contributed by atoms with Crippen LogP contribution in [0.4, 0.5) is 0 Å². The number of allylic oxidation sites excluding steroid dienone is 2. The van der Waals surface area contributed by atoms with Crippen molar-refractivity contribution in [1.29, 1.82) is 0 Å². The Balaban J connectivity index is 0.00000301. The van der Waals surface area contributed by atoms with Gasteiger partial charge in [-0.2, -0.15) is 0 Å². The second kappa shape index (κ2) is 16.6. The molecule has 1 saturated carbocycles. The van der Waals surface area contributed by atoms with Gasteiger partial charge in [-0.1, -0.05) is 37.8 Å². The van der Waals surface area contributed by atoms with Crippen LogP contribution in [0, 0.1) is 11.8 Å². The van der Waals surface area contributed by atoms with Crippen LogP contribution in [0.3, 0.4) is 0 Å². The number of carboxylic acids is 1. The lowest BCUT2D eigenvalue weighted by Gasteiger charge is -2.19. The van der Waals surface area contributed by atoms with Crippen LogP contribution in [0.2, 0.25) is 0 Å². The van der Waals surface area contributed by atoms with Crippen molar-refractivity contribution in [2.75, 3.05) is 7.11 Å². The summed E-state index contributed by atoms with van der Waals surface area (Å²) in [5.41, 5.74) is 0. The number of carbonyl (C=O) groups is 1. The van der Waals surface area contributed by atoms with Gasteiger partial charge in [0.05, 0.1) is 6.10 Å². The van der Waals surface area contributed by atoms with Crippen molar-refractivity contribution in [2.24, 2.45) is 11.8 Å². The molecule has 0 aromatic carbocycles. The van der Waals surface area contributed by atoms with Crippen LogP contribution >= 0.6 is 11.6 Å². The molecule has 0 spiro atoms. The molecule has 0 aromatic heterocycles. The zero-order valence-corrected chi connectivity index (χ0v) is 17.3. The maximum atomic E-state index is 10.5. The highest BCUT2D eigenvalue weighted by atomic mass is 35.5. The predicted octanol–water partition coefficient (Wildman–Crippen LogP) is 5.15. The molecule has 1 rings (SSSR count). The third-order valence-corrected chi connectivity index (χ3v) is 5.64. The van der Waals surface area contributed by atoms with Gasteiger partial charge in [-0.15, -0.1) is 11.6 Å². The molecule has 1 aliphatic rings. The Kier molecular flexibility index (Phi) is 16.2. The molecule has 1 fully saturated rings. The second-order valence-corrected chi connectivity index (χ2v) is 7.89. The number of rotatable bonds is 13. The molecule has 5 heteroatoms. The number of halogens is 1. The SMILES string of the molecule is CC(O)CCCC/C=C/C1CCC(Cl)[C@@H]1CCCCCCC(=O)O.CO. The van der Waals surface area contributed by atoms with Crippen LogP contribution < -0.4 is 0 Å². The van der Waals surface area contributed by atoms with E-state index in [1.807, 2.05) is 6.92 Å². The average Bonchev–Trinajstić information content (AvgIpc) is 2.95. The van der Waals surface area contributed by atoms with Crippen molar-refractivity contribution >= 4 is 17.6 Å². The third-order valence-electron chi connectivity index (χ3n) is 5.09. The molecule has 4 nitrogen and oxygen atoms in total. The Bertz CT molecular complexity index is 371. The van der Waals surface area contributed by atoms with Crippen molar-refractivity contribution in [3.05, 3.63) is 12.2 Å². The van der Waals surface area contributed by atoms with E-state index in [2.05, 4.69) is 12.2 Å². The lowest BCUT2D eigenvalue weighted by molar-refractivity contribution is -0.137. The molecule has 0 amide bonds. The Hall–Kier alpha value is -0.580. The van der Waals surface area contributed by atoms with Crippen LogP contribution in [0.15, 0.2) is 12.2 Å². The highest BCUT2D eigenvalue weighted by Crippen LogP contribution is 2.40. The summed E-state index contributed by atoms with van der Waals surface area (Å²) in [6, 6.07) is 0. The van der Waals surface area contributed by atoms with Gasteiger partial charge in [0.1, 0.15) is 0 Å². The Morgan fingerprint density at radius 3 is 2.46 bits per heavy atom. The fourth-order valence-electron chi connectivity index (χ4n) is 3.66. The summed E-state index contributed by atoms with van der Waals surface area (Å²) in [5, 5.41) is 25.2. The summed E-state index contributed by atoms with van der Waals surface area (Å²) in [7, 11) is 1.00. The lowest BCUT2D eigenvalue weighted by Crippen LogP contribution is -2.13. The smallest absolute Gasteiger partial charge is 0.303 e. The zero-order chi connectivity index (χ0) is 19.8. The Morgan fingerprint density at radius 2 is 1.81 bits per heavy atom. The molecule has 0 saturated heterocycles. The average molecular weight is 391 g/mol. The maximum absolute atomic E-state index is 10.5. The first-order chi connectivity index (χ1) is 12.5. The van der Waals surface area contributed by atoms with Crippen molar-refractivity contribution < 1.29 is 20.1 Å². The first kappa shape index (κ1) is 25.4. The summed E-state index contributed by atoms with van der Waals surface area (Å²) in [5.74, 6) is 0.508. The number of hydrogen-bond donors (Lipinski definition) is 3. The minimum absolute atomic E-state index is 0.180. The number of aliphatic hydroxyl groups is 2. The van der Waals surface area contributed by atoms with Crippen LogP contribution in [0.1, 0.15) is 84.0 Å². The molecule has 154 valence electrons.